The molecule has 0 bridgehead atoms. The van der Waals surface area contributed by atoms with Crippen LogP contribution in [0.15, 0.2) is 23.0 Å². The lowest BCUT2D eigenvalue weighted by atomic mass is 10.1. The number of nitrogens with one attached hydrogen (secondary N) is 1. The van der Waals surface area contributed by atoms with Gasteiger partial charge in [0, 0.05) is 28.7 Å². The van der Waals surface area contributed by atoms with E-state index in [2.05, 4.69) is 4.98 Å². The van der Waals surface area contributed by atoms with Crippen LogP contribution in [-0.2, 0) is 6.54 Å². The maximum absolute atomic E-state index is 12.5. The van der Waals surface area contributed by atoms with Crippen LogP contribution in [0.1, 0.15) is 11.3 Å². The van der Waals surface area contributed by atoms with Crippen molar-refractivity contribution in [3.63, 3.8) is 0 Å². The third kappa shape index (κ3) is 2.24. The Morgan fingerprint density at radius 3 is 2.67 bits per heavy atom. The van der Waals surface area contributed by atoms with Crippen molar-refractivity contribution in [3.05, 3.63) is 39.7 Å². The minimum atomic E-state index is 0.0776. The Hall–Kier alpha value is -1.81. The molecule has 1 N–H and O–H groups in total. The van der Waals surface area contributed by atoms with Gasteiger partial charge in [0.2, 0.25) is 0 Å². The highest BCUT2D eigenvalue weighted by Crippen LogP contribution is 2.18. The summed E-state index contributed by atoms with van der Waals surface area (Å²) in [6, 6.07) is 5.51. The molecule has 1 heterocycles. The van der Waals surface area contributed by atoms with Gasteiger partial charge in [-0.3, -0.25) is 4.79 Å². The molecule has 0 radical (unpaired) electrons. The summed E-state index contributed by atoms with van der Waals surface area (Å²) >= 11 is 0. The van der Waals surface area contributed by atoms with Gasteiger partial charge in [0.05, 0.1) is 7.11 Å². The fourth-order valence-electron chi connectivity index (χ4n) is 2.06. The van der Waals surface area contributed by atoms with Crippen LogP contribution >= 0.6 is 0 Å². The summed E-state index contributed by atoms with van der Waals surface area (Å²) in [5.41, 5.74) is 2.65. The van der Waals surface area contributed by atoms with Crippen molar-refractivity contribution in [3.8, 4) is 5.75 Å². The molecule has 1 aromatic heterocycles. The number of hydrogen-bond donors (Lipinski definition) is 1. The molecule has 0 saturated heterocycles. The predicted molar refractivity (Wildman–Crippen MR) is 73.2 cm³/mol. The second kappa shape index (κ2) is 4.82. The second-order valence-electron chi connectivity index (χ2n) is 4.71. The van der Waals surface area contributed by atoms with Crippen LogP contribution in [0.2, 0.25) is 0 Å². The van der Waals surface area contributed by atoms with Gasteiger partial charge in [-0.15, -0.1) is 0 Å². The SMILES string of the molecule is COc1ccc2[nH]c(C)c(CN(C)C)c(=O)c2c1. The summed E-state index contributed by atoms with van der Waals surface area (Å²) in [4.78, 5) is 17.7. The first-order chi connectivity index (χ1) is 8.52. The Morgan fingerprint density at radius 2 is 2.06 bits per heavy atom. The summed E-state index contributed by atoms with van der Waals surface area (Å²) < 4.78 is 5.17. The van der Waals surface area contributed by atoms with Gasteiger partial charge in [-0.25, -0.2) is 0 Å². The topological polar surface area (TPSA) is 45.3 Å². The highest BCUT2D eigenvalue weighted by atomic mass is 16.5. The Labute approximate surface area is 106 Å². The van der Waals surface area contributed by atoms with E-state index in [0.717, 1.165) is 16.8 Å². The van der Waals surface area contributed by atoms with E-state index in [1.165, 1.54) is 0 Å². The lowest BCUT2D eigenvalue weighted by Gasteiger charge is -2.13. The zero-order chi connectivity index (χ0) is 13.3. The van der Waals surface area contributed by atoms with E-state index in [4.69, 9.17) is 4.74 Å². The predicted octanol–water partition coefficient (Wildman–Crippen LogP) is 1.91. The van der Waals surface area contributed by atoms with Crippen LogP contribution in [0.25, 0.3) is 10.9 Å². The van der Waals surface area contributed by atoms with Gasteiger partial charge in [-0.05, 0) is 39.2 Å². The van der Waals surface area contributed by atoms with Gasteiger partial charge < -0.3 is 14.6 Å². The van der Waals surface area contributed by atoms with E-state index in [1.54, 1.807) is 13.2 Å². The van der Waals surface area contributed by atoms with Crippen LogP contribution < -0.4 is 10.2 Å². The molecule has 18 heavy (non-hydrogen) atoms. The zero-order valence-corrected chi connectivity index (χ0v) is 11.2. The number of pyridine rings is 1. The number of fused-ring (bicyclic) bond motifs is 1. The van der Waals surface area contributed by atoms with Crippen LogP contribution in [0.3, 0.4) is 0 Å². The lowest BCUT2D eigenvalue weighted by Crippen LogP contribution is -2.21. The highest BCUT2D eigenvalue weighted by Gasteiger charge is 2.10. The third-order valence-electron chi connectivity index (χ3n) is 2.99. The first-order valence-electron chi connectivity index (χ1n) is 5.87. The molecule has 0 unspecified atom stereocenters. The largest absolute Gasteiger partial charge is 0.497 e. The maximum atomic E-state index is 12.5. The number of benzene rings is 1. The molecule has 0 aliphatic rings. The molecule has 0 spiro atoms. The van der Waals surface area contributed by atoms with Crippen LogP contribution in [0, 0.1) is 6.92 Å². The fourth-order valence-corrected chi connectivity index (χ4v) is 2.06. The van der Waals surface area contributed by atoms with Gasteiger partial charge in [-0.2, -0.15) is 0 Å². The second-order valence-corrected chi connectivity index (χ2v) is 4.71. The molecule has 2 rings (SSSR count). The van der Waals surface area contributed by atoms with E-state index in [-0.39, 0.29) is 5.43 Å². The van der Waals surface area contributed by atoms with Crippen molar-refractivity contribution in [2.75, 3.05) is 21.2 Å². The van der Waals surface area contributed by atoms with Crippen molar-refractivity contribution in [2.24, 2.45) is 0 Å². The zero-order valence-electron chi connectivity index (χ0n) is 11.2. The van der Waals surface area contributed by atoms with E-state index in [9.17, 15) is 4.79 Å². The molecule has 2 aromatic rings. The van der Waals surface area contributed by atoms with Gasteiger partial charge in [0.15, 0.2) is 5.43 Å². The average Bonchev–Trinajstić information content (AvgIpc) is 2.34. The molecule has 0 saturated carbocycles. The van der Waals surface area contributed by atoms with Crippen LogP contribution in [-0.4, -0.2) is 31.1 Å². The normalized spacial score (nSPS) is 11.2. The number of aryl methyl sites for hydroxylation is 1. The molecule has 4 heteroatoms. The number of nitrogens with zero attached hydrogens (tertiary/aromatic N) is 1. The molecule has 4 nitrogen and oxygen atoms in total. The molecule has 0 aliphatic heterocycles. The number of aromatic amines is 1. The van der Waals surface area contributed by atoms with Crippen molar-refractivity contribution in [1.82, 2.24) is 9.88 Å². The average molecular weight is 246 g/mol. The van der Waals surface area contributed by atoms with E-state index >= 15 is 0 Å². The highest BCUT2D eigenvalue weighted by molar-refractivity contribution is 5.81. The number of H-pyrrole nitrogens is 1. The maximum Gasteiger partial charge on any atom is 0.194 e. The fraction of sp³-hybridized carbons (Fsp3) is 0.357. The Kier molecular flexibility index (Phi) is 3.39. The Balaban J connectivity index is 2.70. The third-order valence-corrected chi connectivity index (χ3v) is 2.99. The first kappa shape index (κ1) is 12.6. The first-order valence-corrected chi connectivity index (χ1v) is 5.87. The van der Waals surface area contributed by atoms with E-state index < -0.39 is 0 Å². The van der Waals surface area contributed by atoms with Crippen LogP contribution in [0.5, 0.6) is 5.75 Å². The standard InChI is InChI=1S/C14H18N2O2/c1-9-12(8-16(2)3)14(17)11-7-10(18-4)5-6-13(11)15-9/h5-7H,8H2,1-4H3,(H,15,17). The number of rotatable bonds is 3. The quantitative estimate of drug-likeness (QED) is 0.899. The molecule has 96 valence electrons. The number of methoxy groups -OCH3 is 1. The monoisotopic (exact) mass is 246 g/mol. The van der Waals surface area contributed by atoms with Gasteiger partial charge in [0.1, 0.15) is 5.75 Å². The van der Waals surface area contributed by atoms with E-state index in [1.807, 2.05) is 38.1 Å². The van der Waals surface area contributed by atoms with Crippen molar-refractivity contribution in [1.29, 1.82) is 0 Å². The van der Waals surface area contributed by atoms with Crippen molar-refractivity contribution < 1.29 is 4.74 Å². The number of hydrogen-bond acceptors (Lipinski definition) is 3. The van der Waals surface area contributed by atoms with Gasteiger partial charge in [0.25, 0.3) is 0 Å². The molecular weight excluding hydrogens is 228 g/mol. The molecule has 0 atom stereocenters. The minimum absolute atomic E-state index is 0.0776. The van der Waals surface area contributed by atoms with Crippen molar-refractivity contribution >= 4 is 10.9 Å². The van der Waals surface area contributed by atoms with Gasteiger partial charge >= 0.3 is 0 Å². The molecule has 1 aromatic carbocycles. The summed E-state index contributed by atoms with van der Waals surface area (Å²) in [7, 11) is 5.51. The molecular formula is C14H18N2O2. The minimum Gasteiger partial charge on any atom is -0.497 e. The summed E-state index contributed by atoms with van der Waals surface area (Å²) in [5, 5.41) is 0.678. The Bertz CT molecular complexity index is 629. The smallest absolute Gasteiger partial charge is 0.194 e. The number of aromatic nitrogens is 1. The molecule has 0 amide bonds. The molecule has 0 fully saturated rings. The van der Waals surface area contributed by atoms with Crippen LogP contribution in [0.4, 0.5) is 0 Å². The Morgan fingerprint density at radius 1 is 1.33 bits per heavy atom. The summed E-state index contributed by atoms with van der Waals surface area (Å²) in [6.07, 6.45) is 0. The summed E-state index contributed by atoms with van der Waals surface area (Å²) in [6.45, 7) is 2.57. The number of ether oxygens (including phenoxy) is 1. The van der Waals surface area contributed by atoms with Crippen molar-refractivity contribution in [2.45, 2.75) is 13.5 Å². The lowest BCUT2D eigenvalue weighted by molar-refractivity contribution is 0.399. The molecule has 0 aliphatic carbocycles. The van der Waals surface area contributed by atoms with Gasteiger partial charge in [-0.1, -0.05) is 0 Å². The summed E-state index contributed by atoms with van der Waals surface area (Å²) in [5.74, 6) is 0.702. The van der Waals surface area contributed by atoms with E-state index in [0.29, 0.717) is 17.7 Å².